The highest BCUT2D eigenvalue weighted by Gasteiger charge is 2.39. The van der Waals surface area contributed by atoms with E-state index in [0.717, 1.165) is 12.1 Å². The lowest BCUT2D eigenvalue weighted by Crippen LogP contribution is -2.43. The van der Waals surface area contributed by atoms with Crippen molar-refractivity contribution in [3.05, 3.63) is 35.4 Å². The Morgan fingerprint density at radius 3 is 2.48 bits per heavy atom. The average Bonchev–Trinajstić information content (AvgIpc) is 2.75. The fraction of sp³-hybridized carbons (Fsp3) is 0.533. The average molecular weight is 298 g/mol. The highest BCUT2D eigenvalue weighted by molar-refractivity contribution is 5.65. The second-order valence-corrected chi connectivity index (χ2v) is 6.41. The normalized spacial score (nSPS) is 23.3. The number of likely N-dealkylation sites (tertiary alicyclic amines) is 1. The van der Waals surface area contributed by atoms with E-state index < -0.39 is 17.7 Å². The molecule has 0 radical (unpaired) electrons. The first-order valence-electron chi connectivity index (χ1n) is 6.88. The first kappa shape index (κ1) is 15.7. The van der Waals surface area contributed by atoms with Crippen LogP contribution in [0.25, 0.3) is 0 Å². The van der Waals surface area contributed by atoms with E-state index in [-0.39, 0.29) is 17.5 Å². The number of nitrogens with one attached hydrogen (secondary N) is 1. The van der Waals surface area contributed by atoms with Gasteiger partial charge in [-0.05, 0) is 38.5 Å². The molecule has 2 rings (SSSR count). The lowest BCUT2D eigenvalue weighted by atomic mass is 9.94. The van der Waals surface area contributed by atoms with Crippen molar-refractivity contribution in [3.8, 4) is 0 Å². The summed E-state index contributed by atoms with van der Waals surface area (Å²) < 4.78 is 26.5. The predicted molar refractivity (Wildman–Crippen MR) is 75.4 cm³/mol. The van der Waals surface area contributed by atoms with Crippen molar-refractivity contribution in [1.82, 2.24) is 10.2 Å². The maximum atomic E-state index is 13.4. The summed E-state index contributed by atoms with van der Waals surface area (Å²) in [4.78, 5) is 13.1. The van der Waals surface area contributed by atoms with Crippen LogP contribution in [-0.2, 0) is 0 Å². The van der Waals surface area contributed by atoms with Gasteiger partial charge in [0, 0.05) is 24.5 Å². The molecule has 0 unspecified atom stereocenters. The Hall–Kier alpha value is -1.69. The van der Waals surface area contributed by atoms with Crippen molar-refractivity contribution >= 4 is 6.09 Å². The van der Waals surface area contributed by atoms with Gasteiger partial charge in [0.15, 0.2) is 11.6 Å². The highest BCUT2D eigenvalue weighted by atomic mass is 19.2. The highest BCUT2D eigenvalue weighted by Crippen LogP contribution is 2.32. The van der Waals surface area contributed by atoms with Gasteiger partial charge in [-0.1, -0.05) is 6.07 Å². The van der Waals surface area contributed by atoms with Gasteiger partial charge in [-0.2, -0.15) is 0 Å². The number of benzene rings is 1. The fourth-order valence-electron chi connectivity index (χ4n) is 2.74. The lowest BCUT2D eigenvalue weighted by molar-refractivity contribution is 0.165. The summed E-state index contributed by atoms with van der Waals surface area (Å²) in [6.07, 6.45) is -1.11. The Morgan fingerprint density at radius 2 is 1.95 bits per heavy atom. The van der Waals surface area contributed by atoms with Crippen molar-refractivity contribution in [2.45, 2.75) is 38.3 Å². The molecule has 116 valence electrons. The summed E-state index contributed by atoms with van der Waals surface area (Å²) in [6.45, 7) is 7.26. The molecule has 6 heteroatoms. The van der Waals surface area contributed by atoms with Gasteiger partial charge in [0.05, 0.1) is 6.04 Å². The van der Waals surface area contributed by atoms with Crippen molar-refractivity contribution in [2.24, 2.45) is 0 Å². The van der Waals surface area contributed by atoms with Crippen molar-refractivity contribution in [1.29, 1.82) is 0 Å². The molecule has 2 atom stereocenters. The van der Waals surface area contributed by atoms with Crippen molar-refractivity contribution in [3.63, 3.8) is 0 Å². The minimum atomic E-state index is -1.11. The molecule has 4 nitrogen and oxygen atoms in total. The molecule has 1 saturated heterocycles. The van der Waals surface area contributed by atoms with Gasteiger partial charge in [-0.15, -0.1) is 0 Å². The number of rotatable bonds is 2. The second-order valence-electron chi connectivity index (χ2n) is 6.41. The van der Waals surface area contributed by atoms with Crippen LogP contribution in [0.5, 0.6) is 0 Å². The van der Waals surface area contributed by atoms with E-state index in [2.05, 4.69) is 10.2 Å². The molecule has 1 heterocycles. The van der Waals surface area contributed by atoms with Gasteiger partial charge in [-0.25, -0.2) is 13.6 Å². The van der Waals surface area contributed by atoms with Crippen LogP contribution < -0.4 is 5.32 Å². The van der Waals surface area contributed by atoms with E-state index >= 15 is 0 Å². The molecular weight excluding hydrogens is 278 g/mol. The number of carboxylic acid groups (broad SMARTS) is 1. The number of hydrogen-bond donors (Lipinski definition) is 2. The zero-order chi connectivity index (χ0) is 15.8. The van der Waals surface area contributed by atoms with E-state index in [1.54, 1.807) is 0 Å². The maximum Gasteiger partial charge on any atom is 0.404 e. The predicted octanol–water partition coefficient (Wildman–Crippen LogP) is 2.80. The van der Waals surface area contributed by atoms with Gasteiger partial charge >= 0.3 is 6.09 Å². The Morgan fingerprint density at radius 1 is 1.29 bits per heavy atom. The van der Waals surface area contributed by atoms with E-state index in [1.165, 1.54) is 6.07 Å². The molecule has 0 aliphatic carbocycles. The molecule has 1 amide bonds. The summed E-state index contributed by atoms with van der Waals surface area (Å²) in [5.41, 5.74) is 0.491. The van der Waals surface area contributed by atoms with Gasteiger partial charge in [0.25, 0.3) is 0 Å². The zero-order valence-corrected chi connectivity index (χ0v) is 12.4. The van der Waals surface area contributed by atoms with Crippen LogP contribution in [-0.4, -0.2) is 40.8 Å². The molecule has 1 aromatic carbocycles. The Bertz CT molecular complexity index is 543. The minimum absolute atomic E-state index is 0.119. The minimum Gasteiger partial charge on any atom is -0.465 e. The monoisotopic (exact) mass is 298 g/mol. The first-order chi connectivity index (χ1) is 9.68. The van der Waals surface area contributed by atoms with Gasteiger partial charge in [0.2, 0.25) is 0 Å². The van der Waals surface area contributed by atoms with E-state index in [1.807, 2.05) is 20.8 Å². The van der Waals surface area contributed by atoms with Crippen LogP contribution in [0.3, 0.4) is 0 Å². The van der Waals surface area contributed by atoms with Crippen LogP contribution in [0, 0.1) is 11.6 Å². The SMILES string of the molecule is CC(C)(C)N1C[C@@H](NC(=O)O)[C@H](c2ccc(F)c(F)c2)C1. The maximum absolute atomic E-state index is 13.4. The zero-order valence-electron chi connectivity index (χ0n) is 12.4. The lowest BCUT2D eigenvalue weighted by Gasteiger charge is -2.31. The smallest absolute Gasteiger partial charge is 0.404 e. The fourth-order valence-corrected chi connectivity index (χ4v) is 2.74. The molecule has 0 spiro atoms. The van der Waals surface area contributed by atoms with Crippen LogP contribution in [0.4, 0.5) is 13.6 Å². The van der Waals surface area contributed by atoms with Crippen LogP contribution in [0.1, 0.15) is 32.3 Å². The number of carbonyl (C=O) groups is 1. The molecule has 1 fully saturated rings. The third-order valence-corrected chi connectivity index (χ3v) is 3.95. The molecule has 1 aliphatic rings. The summed E-state index contributed by atoms with van der Waals surface area (Å²) >= 11 is 0. The third kappa shape index (κ3) is 3.50. The van der Waals surface area contributed by atoms with Crippen LogP contribution >= 0.6 is 0 Å². The number of amides is 1. The van der Waals surface area contributed by atoms with E-state index in [0.29, 0.717) is 18.7 Å². The van der Waals surface area contributed by atoms with Gasteiger partial charge in [-0.3, -0.25) is 4.90 Å². The van der Waals surface area contributed by atoms with Crippen molar-refractivity contribution in [2.75, 3.05) is 13.1 Å². The Labute approximate surface area is 122 Å². The van der Waals surface area contributed by atoms with E-state index in [4.69, 9.17) is 5.11 Å². The summed E-state index contributed by atoms with van der Waals surface area (Å²) in [5, 5.41) is 11.4. The number of halogens is 2. The number of hydrogen-bond acceptors (Lipinski definition) is 2. The molecule has 0 aromatic heterocycles. The van der Waals surface area contributed by atoms with E-state index in [9.17, 15) is 13.6 Å². The Kier molecular flexibility index (Phi) is 4.18. The molecule has 0 bridgehead atoms. The molecule has 21 heavy (non-hydrogen) atoms. The first-order valence-corrected chi connectivity index (χ1v) is 6.88. The molecule has 2 N–H and O–H groups in total. The van der Waals surface area contributed by atoms with Crippen LogP contribution in [0.15, 0.2) is 18.2 Å². The van der Waals surface area contributed by atoms with Crippen LogP contribution in [0.2, 0.25) is 0 Å². The molecule has 1 aliphatic heterocycles. The number of nitrogens with zero attached hydrogens (tertiary/aromatic N) is 1. The molecular formula is C15H20F2N2O2. The summed E-state index contributed by atoms with van der Waals surface area (Å²) in [6, 6.07) is 3.42. The van der Waals surface area contributed by atoms with Gasteiger partial charge in [0.1, 0.15) is 0 Å². The summed E-state index contributed by atoms with van der Waals surface area (Å²) in [7, 11) is 0. The summed E-state index contributed by atoms with van der Waals surface area (Å²) in [5.74, 6) is -2.00. The molecule has 0 saturated carbocycles. The topological polar surface area (TPSA) is 52.6 Å². The third-order valence-electron chi connectivity index (χ3n) is 3.95. The largest absolute Gasteiger partial charge is 0.465 e. The Balaban J connectivity index is 2.29. The van der Waals surface area contributed by atoms with Gasteiger partial charge < -0.3 is 10.4 Å². The quantitative estimate of drug-likeness (QED) is 0.883. The van der Waals surface area contributed by atoms with Crippen molar-refractivity contribution < 1.29 is 18.7 Å². The standard InChI is InChI=1S/C15H20F2N2O2/c1-15(2,3)19-7-10(13(8-19)18-14(20)21)9-4-5-11(16)12(17)6-9/h4-6,10,13,18H,7-8H2,1-3H3,(H,20,21)/t10-,13+/m0/s1. The molecule has 1 aromatic rings. The second kappa shape index (κ2) is 5.60.